The van der Waals surface area contributed by atoms with Crippen LogP contribution in [0.15, 0.2) is 6.20 Å². The lowest BCUT2D eigenvalue weighted by Gasteiger charge is -2.43. The van der Waals surface area contributed by atoms with E-state index in [2.05, 4.69) is 36.9 Å². The molecule has 7 aliphatic heterocycles. The third kappa shape index (κ3) is 36.6. The largest absolute Gasteiger partial charge is 0.457 e. The summed E-state index contributed by atoms with van der Waals surface area (Å²) in [6, 6.07) is 0. The average molecular weight is 1830 g/mol. The van der Waals surface area contributed by atoms with E-state index in [4.69, 9.17) is 90.0 Å². The number of aliphatic hydroxyl groups is 12. The normalized spacial score (nSPS) is 36.4. The number of likely N-dealkylation sites (N-methyl/N-ethyl adjacent to an activating group) is 5. The minimum absolute atomic E-state index is 0.0263. The van der Waals surface area contributed by atoms with Gasteiger partial charge in [-0.2, -0.15) is 0 Å². The fourth-order valence-electron chi connectivity index (χ4n) is 14.3. The molecule has 8 heterocycles. The van der Waals surface area contributed by atoms with Gasteiger partial charge in [0.2, 0.25) is 0 Å². The molecular weight excluding hydrogens is 1690 g/mol. The highest BCUT2D eigenvalue weighted by molar-refractivity contribution is 5.69. The van der Waals surface area contributed by atoms with Crippen LogP contribution in [0.25, 0.3) is 0 Å². The molecule has 0 aromatic carbocycles. The number of ether oxygens (including phenoxy) is 19. The minimum Gasteiger partial charge on any atom is -0.457 e. The van der Waals surface area contributed by atoms with E-state index < -0.39 is 238 Å². The van der Waals surface area contributed by atoms with Crippen LogP contribution in [0.3, 0.4) is 0 Å². The summed E-state index contributed by atoms with van der Waals surface area (Å²) in [5, 5.41) is 141. The monoisotopic (exact) mass is 1830 g/mol. The summed E-state index contributed by atoms with van der Waals surface area (Å²) in [5.74, 6) is -7.48. The Balaban J connectivity index is 0.000000425. The van der Waals surface area contributed by atoms with Crippen molar-refractivity contribution in [2.45, 2.75) is 302 Å². The number of hydrogen-bond donors (Lipinski definition) is 17. The highest BCUT2D eigenvalue weighted by atomic mass is 16.7. The number of esters is 9. The van der Waals surface area contributed by atoms with Gasteiger partial charge in [0.15, 0.2) is 99.0 Å². The average Bonchev–Trinajstić information content (AvgIpc) is 0.853. The first kappa shape index (κ1) is 113. The topological polar surface area (TPSA) is 663 Å². The fourth-order valence-corrected chi connectivity index (χ4v) is 14.3. The summed E-state index contributed by atoms with van der Waals surface area (Å²) in [5.41, 5.74) is 0.509. The third-order valence-corrected chi connectivity index (χ3v) is 20.8. The molecule has 48 heteroatoms. The van der Waals surface area contributed by atoms with E-state index in [0.29, 0.717) is 38.4 Å². The molecule has 48 nitrogen and oxygen atoms in total. The zero-order chi connectivity index (χ0) is 95.4. The van der Waals surface area contributed by atoms with Crippen LogP contribution in [-0.2, 0) is 146 Å². The van der Waals surface area contributed by atoms with Crippen LogP contribution in [0.2, 0.25) is 0 Å². The summed E-state index contributed by atoms with van der Waals surface area (Å²) >= 11 is 0. The number of nitrogens with zero attached hydrogens (tertiary/aromatic N) is 3. The standard InChI is InChI=1S/C28H43N3O15.5C10H19NO5/c1-14-22(36)21(46-27(37)23(14)42-16(3)32)12-31-11-20(29-30-31)13-39-8-7-38-9-10-40-28-26(45-19(6)35)25(44-18(5)34)24(15(2)41-28)43-17(4)33;5*1-5-8(13)7(4-11-3)16-10(14)9(5)15-6(2)12/h11,14-15,21-28,36-37H,7-10,12-13H2,1-6H3;5*5,7-11,13-14H,4H2,1-3H3/t14-,15?,21+,22-,23+,24+,25?,26+,27-,28+;5*5-,7+,8-,9+,10-/m000000/s1. The number of nitrogens with one attached hydrogen (secondary N) is 5. The zero-order valence-corrected chi connectivity index (χ0v) is 75.2. The van der Waals surface area contributed by atoms with Gasteiger partial charge >= 0.3 is 53.7 Å². The highest BCUT2D eigenvalue weighted by Crippen LogP contribution is 2.35. The molecule has 730 valence electrons. The molecule has 0 spiro atoms. The van der Waals surface area contributed by atoms with E-state index in [9.17, 15) is 104 Å². The molecule has 0 aliphatic carbocycles. The maximum atomic E-state index is 11.8. The molecule has 35 atom stereocenters. The second-order valence-electron chi connectivity index (χ2n) is 31.1. The van der Waals surface area contributed by atoms with E-state index in [1.165, 1.54) is 67.0 Å². The Morgan fingerprint density at radius 2 is 0.548 bits per heavy atom. The molecule has 0 radical (unpaired) electrons. The summed E-state index contributed by atoms with van der Waals surface area (Å²) < 4.78 is 101. The lowest BCUT2D eigenvalue weighted by molar-refractivity contribution is -0.302. The number of carbonyl (C=O) groups is 9. The summed E-state index contributed by atoms with van der Waals surface area (Å²) in [4.78, 5) is 101. The van der Waals surface area contributed by atoms with Gasteiger partial charge in [0.05, 0.1) is 119 Å². The van der Waals surface area contributed by atoms with Crippen molar-refractivity contribution in [3.05, 3.63) is 11.9 Å². The van der Waals surface area contributed by atoms with Crippen LogP contribution in [0, 0.1) is 35.5 Å². The van der Waals surface area contributed by atoms with E-state index >= 15 is 0 Å². The molecule has 17 N–H and O–H groups in total. The maximum absolute atomic E-state index is 11.8. The Hall–Kier alpha value is -6.71. The van der Waals surface area contributed by atoms with Crippen molar-refractivity contribution in [3.63, 3.8) is 0 Å². The molecule has 0 amide bonds. The number of rotatable bonds is 30. The van der Waals surface area contributed by atoms with Crippen LogP contribution in [-0.4, -0.2) is 403 Å². The van der Waals surface area contributed by atoms with Gasteiger partial charge in [0, 0.05) is 131 Å². The zero-order valence-electron chi connectivity index (χ0n) is 75.2. The van der Waals surface area contributed by atoms with Crippen molar-refractivity contribution in [2.24, 2.45) is 35.5 Å². The first-order valence-corrected chi connectivity index (χ1v) is 41.3. The van der Waals surface area contributed by atoms with Gasteiger partial charge in [-0.15, -0.1) is 5.10 Å². The Bertz CT molecular complexity index is 3110. The van der Waals surface area contributed by atoms with Gasteiger partial charge in [-0.25, -0.2) is 4.68 Å². The van der Waals surface area contributed by atoms with Crippen molar-refractivity contribution in [3.8, 4) is 0 Å². The second-order valence-corrected chi connectivity index (χ2v) is 31.1. The van der Waals surface area contributed by atoms with Crippen LogP contribution in [0.5, 0.6) is 0 Å². The quantitative estimate of drug-likeness (QED) is 0.0193. The number of hydrogen-bond acceptors (Lipinski definition) is 47. The Kier molecular flexibility index (Phi) is 51.1. The summed E-state index contributed by atoms with van der Waals surface area (Å²) in [6.45, 7) is 25.8. The molecule has 1 aromatic heterocycles. The van der Waals surface area contributed by atoms with Crippen molar-refractivity contribution in [1.82, 2.24) is 41.6 Å². The van der Waals surface area contributed by atoms with Crippen LogP contribution in [0.4, 0.5) is 0 Å². The predicted molar refractivity (Wildman–Crippen MR) is 427 cm³/mol. The van der Waals surface area contributed by atoms with Crippen molar-refractivity contribution >= 4 is 53.7 Å². The number of aliphatic hydroxyl groups excluding tert-OH is 12. The van der Waals surface area contributed by atoms with Gasteiger partial charge in [0.25, 0.3) is 0 Å². The van der Waals surface area contributed by atoms with Gasteiger partial charge in [-0.1, -0.05) is 46.8 Å². The first-order valence-electron chi connectivity index (χ1n) is 41.3. The van der Waals surface area contributed by atoms with E-state index in [-0.39, 0.29) is 69.2 Å². The molecular formula is C78H138N8O40. The van der Waals surface area contributed by atoms with Gasteiger partial charge in [0.1, 0.15) is 11.8 Å². The van der Waals surface area contributed by atoms with Gasteiger partial charge in [-0.3, -0.25) is 43.2 Å². The van der Waals surface area contributed by atoms with Gasteiger partial charge < -0.3 is 178 Å². The van der Waals surface area contributed by atoms with Crippen molar-refractivity contribution in [2.75, 3.05) is 94.4 Å². The molecule has 126 heavy (non-hydrogen) atoms. The molecule has 7 aliphatic rings. The first-order chi connectivity index (χ1) is 59.1. The van der Waals surface area contributed by atoms with Crippen LogP contribution >= 0.6 is 0 Å². The van der Waals surface area contributed by atoms with Crippen molar-refractivity contribution in [1.29, 1.82) is 0 Å². The van der Waals surface area contributed by atoms with Crippen molar-refractivity contribution < 1.29 is 194 Å². The van der Waals surface area contributed by atoms with Gasteiger partial charge in [-0.05, 0) is 42.2 Å². The lowest BCUT2D eigenvalue weighted by atomic mass is 9.90. The summed E-state index contributed by atoms with van der Waals surface area (Å²) in [6.07, 6.45) is -24.3. The number of carbonyl (C=O) groups excluding carboxylic acids is 9. The maximum Gasteiger partial charge on any atom is 0.303 e. The van der Waals surface area contributed by atoms with E-state index in [0.717, 1.165) is 0 Å². The number of aromatic nitrogens is 3. The molecule has 7 saturated heterocycles. The molecule has 1 aromatic rings. The second kappa shape index (κ2) is 56.8. The van der Waals surface area contributed by atoms with E-state index in [1.807, 2.05) is 0 Å². The fraction of sp³-hybridized carbons (Fsp3) is 0.859. The Morgan fingerprint density at radius 3 is 0.817 bits per heavy atom. The third-order valence-electron chi connectivity index (χ3n) is 20.8. The minimum atomic E-state index is -1.39. The van der Waals surface area contributed by atoms with Crippen LogP contribution < -0.4 is 26.6 Å². The summed E-state index contributed by atoms with van der Waals surface area (Å²) in [7, 11) is 8.64. The highest BCUT2D eigenvalue weighted by Gasteiger charge is 2.53. The smallest absolute Gasteiger partial charge is 0.303 e. The lowest BCUT2D eigenvalue weighted by Crippen LogP contribution is -2.61. The molecule has 0 bridgehead atoms. The van der Waals surface area contributed by atoms with Crippen LogP contribution in [0.1, 0.15) is 116 Å². The van der Waals surface area contributed by atoms with E-state index in [1.54, 1.807) is 89.9 Å². The SMILES string of the molecule is CC(=O)OC1[C@H](OC(C)=O)C(C)O[C@@H](OCCOCCOCc2cn(C[C@H]3O[C@H](O)[C@H](OC(C)=O)[C@@H](C)[C@@H]3O)nn2)[C@@H]1OC(C)=O.CNC[C@H]1O[C@H](O)[C@H](OC(C)=O)[C@@H](C)[C@@H]1O.CNC[C@H]1O[C@H](O)[C@H](OC(C)=O)[C@@H](C)[C@@H]1O.CNC[C@H]1O[C@H](O)[C@H](OC(C)=O)[C@@H](C)[C@@H]1O.CNC[C@H]1O[C@H](O)[C@H](OC(C)=O)[C@@H](C)[C@@H]1O.CNC[C@H]1O[C@H](O)[C@H](OC(C)=O)[C@@H](C)[C@@H]1O. The predicted octanol–water partition coefficient (Wildman–Crippen LogP) is -6.73. The Morgan fingerprint density at radius 1 is 0.317 bits per heavy atom. The molecule has 7 fully saturated rings. The Labute approximate surface area is 731 Å². The molecule has 8 rings (SSSR count). The molecule has 0 saturated carbocycles. The molecule has 2 unspecified atom stereocenters.